The number of nitrogens with one attached hydrogen (secondary N) is 2. The minimum absolute atomic E-state index is 0.0327. The van der Waals surface area contributed by atoms with Gasteiger partial charge in [-0.15, -0.1) is 0 Å². The predicted molar refractivity (Wildman–Crippen MR) is 89.6 cm³/mol. The van der Waals surface area contributed by atoms with Crippen molar-refractivity contribution >= 4 is 5.82 Å². The van der Waals surface area contributed by atoms with E-state index in [0.717, 1.165) is 43.9 Å². The molecule has 2 aromatic rings. The van der Waals surface area contributed by atoms with Gasteiger partial charge in [-0.05, 0) is 26.7 Å². The SMILES string of the molecule is Cc1n[nH]c(C)c1CNC1CCCN(c2nccn(C)c2=O)C1. The lowest BCUT2D eigenvalue weighted by Crippen LogP contribution is -2.47. The van der Waals surface area contributed by atoms with Crippen LogP contribution in [0.15, 0.2) is 17.2 Å². The van der Waals surface area contributed by atoms with Crippen molar-refractivity contribution in [3.8, 4) is 0 Å². The maximum atomic E-state index is 12.2. The Morgan fingerprint density at radius 2 is 2.26 bits per heavy atom. The van der Waals surface area contributed by atoms with Crippen molar-refractivity contribution in [1.82, 2.24) is 25.1 Å². The monoisotopic (exact) mass is 316 g/mol. The highest BCUT2D eigenvalue weighted by atomic mass is 16.1. The van der Waals surface area contributed by atoms with Crippen LogP contribution in [0.3, 0.4) is 0 Å². The fraction of sp³-hybridized carbons (Fsp3) is 0.562. The minimum Gasteiger partial charge on any atom is -0.350 e. The topological polar surface area (TPSA) is 78.8 Å². The molecule has 1 aliphatic rings. The third-order valence-corrected chi connectivity index (χ3v) is 4.57. The summed E-state index contributed by atoms with van der Waals surface area (Å²) in [7, 11) is 1.76. The number of aromatic nitrogens is 4. The minimum atomic E-state index is -0.0327. The molecular weight excluding hydrogens is 292 g/mol. The van der Waals surface area contributed by atoms with Crippen molar-refractivity contribution in [2.45, 2.75) is 39.3 Å². The summed E-state index contributed by atoms with van der Waals surface area (Å²) in [4.78, 5) is 18.6. The molecule has 1 aliphatic heterocycles. The van der Waals surface area contributed by atoms with Gasteiger partial charge in [0.05, 0.1) is 5.69 Å². The molecule has 3 heterocycles. The van der Waals surface area contributed by atoms with E-state index in [-0.39, 0.29) is 5.56 Å². The van der Waals surface area contributed by atoms with Gasteiger partial charge in [-0.3, -0.25) is 9.89 Å². The molecular formula is C16H24N6O. The first kappa shape index (κ1) is 15.7. The number of anilines is 1. The fourth-order valence-electron chi connectivity index (χ4n) is 3.12. The molecule has 0 aliphatic carbocycles. The second kappa shape index (κ2) is 6.54. The van der Waals surface area contributed by atoms with Crippen LogP contribution in [0, 0.1) is 13.8 Å². The standard InChI is InChI=1S/C16H24N6O/c1-11-14(12(2)20-19-11)9-18-13-5-4-7-22(10-13)15-16(23)21(3)8-6-17-15/h6,8,13,18H,4-5,7,9-10H2,1-3H3,(H,19,20). The number of hydrogen-bond donors (Lipinski definition) is 2. The van der Waals surface area contributed by atoms with E-state index in [1.807, 2.05) is 13.8 Å². The Kier molecular flexibility index (Phi) is 4.47. The summed E-state index contributed by atoms with van der Waals surface area (Å²) in [6, 6.07) is 0.351. The number of rotatable bonds is 4. The number of H-pyrrole nitrogens is 1. The van der Waals surface area contributed by atoms with Crippen LogP contribution in [0.5, 0.6) is 0 Å². The highest BCUT2D eigenvalue weighted by Crippen LogP contribution is 2.16. The van der Waals surface area contributed by atoms with Gasteiger partial charge < -0.3 is 14.8 Å². The van der Waals surface area contributed by atoms with Crippen molar-refractivity contribution in [2.75, 3.05) is 18.0 Å². The van der Waals surface area contributed by atoms with Crippen LogP contribution in [-0.2, 0) is 13.6 Å². The van der Waals surface area contributed by atoms with E-state index in [9.17, 15) is 4.79 Å². The van der Waals surface area contributed by atoms with Crippen molar-refractivity contribution < 1.29 is 0 Å². The van der Waals surface area contributed by atoms with Crippen LogP contribution in [-0.4, -0.2) is 38.9 Å². The van der Waals surface area contributed by atoms with Gasteiger partial charge in [0.1, 0.15) is 0 Å². The van der Waals surface area contributed by atoms with E-state index in [4.69, 9.17) is 0 Å². The molecule has 3 rings (SSSR count). The molecule has 0 amide bonds. The normalized spacial score (nSPS) is 18.4. The van der Waals surface area contributed by atoms with Crippen LogP contribution in [0.1, 0.15) is 29.8 Å². The molecule has 124 valence electrons. The first-order valence-electron chi connectivity index (χ1n) is 8.06. The Labute approximate surface area is 135 Å². The van der Waals surface area contributed by atoms with E-state index in [1.54, 1.807) is 24.0 Å². The lowest BCUT2D eigenvalue weighted by molar-refractivity contribution is 0.418. The first-order chi connectivity index (χ1) is 11.1. The predicted octanol–water partition coefficient (Wildman–Crippen LogP) is 0.879. The highest BCUT2D eigenvalue weighted by Gasteiger charge is 2.23. The molecule has 1 fully saturated rings. The Bertz CT molecular complexity index is 715. The average Bonchev–Trinajstić information content (AvgIpc) is 2.87. The van der Waals surface area contributed by atoms with Gasteiger partial charge in [0.2, 0.25) is 0 Å². The maximum Gasteiger partial charge on any atom is 0.293 e. The lowest BCUT2D eigenvalue weighted by Gasteiger charge is -2.33. The quantitative estimate of drug-likeness (QED) is 0.875. The smallest absolute Gasteiger partial charge is 0.293 e. The van der Waals surface area contributed by atoms with Gasteiger partial charge in [-0.25, -0.2) is 4.98 Å². The van der Waals surface area contributed by atoms with Crippen molar-refractivity contribution in [3.63, 3.8) is 0 Å². The second-order valence-electron chi connectivity index (χ2n) is 6.25. The fourth-order valence-corrected chi connectivity index (χ4v) is 3.12. The average molecular weight is 316 g/mol. The van der Waals surface area contributed by atoms with Gasteiger partial charge >= 0.3 is 0 Å². The zero-order valence-electron chi connectivity index (χ0n) is 14.0. The largest absolute Gasteiger partial charge is 0.350 e. The summed E-state index contributed by atoms with van der Waals surface area (Å²) in [5, 5.41) is 10.9. The van der Waals surface area contributed by atoms with Crippen molar-refractivity contribution in [1.29, 1.82) is 0 Å². The number of piperidine rings is 1. The van der Waals surface area contributed by atoms with Crippen LogP contribution in [0.4, 0.5) is 5.82 Å². The highest BCUT2D eigenvalue weighted by molar-refractivity contribution is 5.36. The Morgan fingerprint density at radius 3 is 3.00 bits per heavy atom. The zero-order valence-corrected chi connectivity index (χ0v) is 14.0. The Balaban J connectivity index is 1.67. The second-order valence-corrected chi connectivity index (χ2v) is 6.25. The summed E-state index contributed by atoms with van der Waals surface area (Å²) in [6.45, 7) is 6.55. The Hall–Kier alpha value is -2.15. The van der Waals surface area contributed by atoms with Crippen molar-refractivity contribution in [3.05, 3.63) is 39.7 Å². The van der Waals surface area contributed by atoms with Crippen LogP contribution < -0.4 is 15.8 Å². The van der Waals surface area contributed by atoms with Crippen LogP contribution >= 0.6 is 0 Å². The van der Waals surface area contributed by atoms with Crippen LogP contribution in [0.25, 0.3) is 0 Å². The molecule has 2 aromatic heterocycles. The van der Waals surface area contributed by atoms with E-state index in [2.05, 4.69) is 25.4 Å². The third-order valence-electron chi connectivity index (χ3n) is 4.57. The summed E-state index contributed by atoms with van der Waals surface area (Å²) >= 11 is 0. The van der Waals surface area contributed by atoms with Gasteiger partial charge in [0.25, 0.3) is 5.56 Å². The molecule has 23 heavy (non-hydrogen) atoms. The molecule has 7 nitrogen and oxygen atoms in total. The summed E-state index contributed by atoms with van der Waals surface area (Å²) in [6.07, 6.45) is 5.54. The number of aryl methyl sites for hydroxylation is 3. The maximum absolute atomic E-state index is 12.2. The molecule has 0 saturated carbocycles. The molecule has 2 N–H and O–H groups in total. The number of nitrogens with zero attached hydrogens (tertiary/aromatic N) is 4. The van der Waals surface area contributed by atoms with E-state index in [1.165, 1.54) is 5.56 Å². The lowest BCUT2D eigenvalue weighted by atomic mass is 10.0. The first-order valence-corrected chi connectivity index (χ1v) is 8.06. The molecule has 0 spiro atoms. The van der Waals surface area contributed by atoms with Crippen LogP contribution in [0.2, 0.25) is 0 Å². The van der Waals surface area contributed by atoms with Gasteiger partial charge in [0.15, 0.2) is 5.82 Å². The zero-order chi connectivity index (χ0) is 16.4. The van der Waals surface area contributed by atoms with E-state index in [0.29, 0.717) is 11.9 Å². The molecule has 7 heteroatoms. The molecule has 0 aromatic carbocycles. The Morgan fingerprint density at radius 1 is 1.43 bits per heavy atom. The molecule has 0 radical (unpaired) electrons. The number of hydrogen-bond acceptors (Lipinski definition) is 5. The van der Waals surface area contributed by atoms with Crippen molar-refractivity contribution in [2.24, 2.45) is 7.05 Å². The number of aromatic amines is 1. The van der Waals surface area contributed by atoms with E-state index < -0.39 is 0 Å². The summed E-state index contributed by atoms with van der Waals surface area (Å²) < 4.78 is 1.58. The molecule has 1 unspecified atom stereocenters. The summed E-state index contributed by atoms with van der Waals surface area (Å²) in [5.41, 5.74) is 3.35. The third kappa shape index (κ3) is 3.29. The van der Waals surface area contributed by atoms with Gasteiger partial charge in [0, 0.05) is 56.4 Å². The molecule has 0 bridgehead atoms. The van der Waals surface area contributed by atoms with Gasteiger partial charge in [-0.1, -0.05) is 0 Å². The van der Waals surface area contributed by atoms with Gasteiger partial charge in [-0.2, -0.15) is 5.10 Å². The van der Waals surface area contributed by atoms with E-state index >= 15 is 0 Å². The molecule has 1 saturated heterocycles. The molecule has 1 atom stereocenters. The summed E-state index contributed by atoms with van der Waals surface area (Å²) in [5.74, 6) is 0.553.